The average molecular weight is 136 g/mol. The van der Waals surface area contributed by atoms with Gasteiger partial charge in [0, 0.05) is 0 Å². The minimum Gasteiger partial charge on any atom is -0.146 e. The van der Waals surface area contributed by atoms with E-state index in [1.165, 1.54) is 0 Å². The Bertz CT molecular complexity index is 72.1. The molecule has 7 heavy (non-hydrogen) atoms. The van der Waals surface area contributed by atoms with Crippen molar-refractivity contribution in [3.05, 3.63) is 0 Å². The van der Waals surface area contributed by atoms with E-state index in [9.17, 15) is 0 Å². The van der Waals surface area contributed by atoms with E-state index >= 15 is 0 Å². The average Bonchev–Trinajstić information content (AvgIpc) is 1.27. The lowest BCUT2D eigenvalue weighted by molar-refractivity contribution is 0.747. The third-order valence-electron chi connectivity index (χ3n) is 0.545. The van der Waals surface area contributed by atoms with Gasteiger partial charge in [0.1, 0.15) is 6.16 Å². The van der Waals surface area contributed by atoms with Crippen molar-refractivity contribution in [2.75, 3.05) is 6.16 Å². The Labute approximate surface area is 50.8 Å². The first-order valence-electron chi connectivity index (χ1n) is 2.32. The number of hydrogen-bond acceptors (Lipinski definition) is 1. The highest BCUT2D eigenvalue weighted by atomic mass is 32.4. The van der Waals surface area contributed by atoms with Crippen LogP contribution >= 0.6 is 6.85 Å². The van der Waals surface area contributed by atoms with Gasteiger partial charge in [-0.05, 0) is 5.92 Å². The summed E-state index contributed by atoms with van der Waals surface area (Å²) in [5.41, 5.74) is 5.37. The summed E-state index contributed by atoms with van der Waals surface area (Å²) in [7, 11) is 0. The lowest BCUT2D eigenvalue weighted by Crippen LogP contribution is -1.93. The van der Waals surface area contributed by atoms with Gasteiger partial charge in [-0.2, -0.15) is 0 Å². The van der Waals surface area contributed by atoms with Crippen LogP contribution in [-0.2, 0) is 11.8 Å². The van der Waals surface area contributed by atoms with E-state index in [0.717, 1.165) is 6.16 Å². The smallest absolute Gasteiger partial charge is 0.146 e. The normalized spacial score (nSPS) is 12.3. The van der Waals surface area contributed by atoms with Crippen LogP contribution in [0.25, 0.3) is 0 Å². The number of rotatable bonds is 2. The zero-order chi connectivity index (χ0) is 5.86. The molecule has 0 radical (unpaired) electrons. The van der Waals surface area contributed by atoms with Crippen molar-refractivity contribution < 1.29 is 0 Å². The molecule has 0 fully saturated rings. The topological polar surface area (TPSA) is 26.0 Å². The first-order valence-corrected chi connectivity index (χ1v) is 4.93. The van der Waals surface area contributed by atoms with E-state index in [0.29, 0.717) is 5.92 Å². The summed E-state index contributed by atoms with van der Waals surface area (Å²) in [4.78, 5) is 0. The Kier molecular flexibility index (Phi) is 3.72. The first kappa shape index (κ1) is 7.48. The molecule has 0 aromatic heterocycles. The van der Waals surface area contributed by atoms with Gasteiger partial charge in [0.25, 0.3) is 6.85 Å². The van der Waals surface area contributed by atoms with Crippen LogP contribution in [0.2, 0.25) is 0 Å². The largest absolute Gasteiger partial charge is 0.261 e. The van der Waals surface area contributed by atoms with Crippen LogP contribution in [0.3, 0.4) is 0 Å². The van der Waals surface area contributed by atoms with Gasteiger partial charge in [-0.15, -0.1) is 5.50 Å². The second-order valence-corrected chi connectivity index (χ2v) is 4.60. The van der Waals surface area contributed by atoms with Gasteiger partial charge in [-0.1, -0.05) is 13.8 Å². The Morgan fingerprint density at radius 1 is 1.71 bits per heavy atom. The fourth-order valence-corrected chi connectivity index (χ4v) is 1.97. The molecule has 1 unspecified atom stereocenters. The van der Waals surface area contributed by atoms with Gasteiger partial charge in [0.15, 0.2) is 11.8 Å². The molecule has 0 aromatic carbocycles. The summed E-state index contributed by atoms with van der Waals surface area (Å²) < 4.78 is 0. The number of nitrogens with two attached hydrogens (primary N) is 1. The molecular formula is C4H11NPS+. The van der Waals surface area contributed by atoms with E-state index in [-0.39, 0.29) is 0 Å². The minimum absolute atomic E-state index is 0.557. The lowest BCUT2D eigenvalue weighted by atomic mass is 10.3. The van der Waals surface area contributed by atoms with E-state index in [1.807, 2.05) is 0 Å². The summed E-state index contributed by atoms with van der Waals surface area (Å²) >= 11 is 4.80. The van der Waals surface area contributed by atoms with Crippen molar-refractivity contribution in [3.8, 4) is 0 Å². The molecule has 0 aliphatic rings. The lowest BCUT2D eigenvalue weighted by Gasteiger charge is -1.88. The Morgan fingerprint density at radius 2 is 2.14 bits per heavy atom. The second-order valence-electron chi connectivity index (χ2n) is 1.99. The molecule has 0 heterocycles. The van der Waals surface area contributed by atoms with Crippen LogP contribution in [0.15, 0.2) is 0 Å². The van der Waals surface area contributed by atoms with Crippen LogP contribution in [-0.4, -0.2) is 6.16 Å². The van der Waals surface area contributed by atoms with Gasteiger partial charge in [0.05, 0.1) is 0 Å². The van der Waals surface area contributed by atoms with Gasteiger partial charge in [0.2, 0.25) is 0 Å². The Balaban J connectivity index is 3.13. The molecule has 0 spiro atoms. The molecule has 1 nitrogen and oxygen atoms in total. The van der Waals surface area contributed by atoms with Crippen LogP contribution in [0.4, 0.5) is 0 Å². The molecule has 3 heteroatoms. The maximum absolute atomic E-state index is 5.37. The van der Waals surface area contributed by atoms with Crippen LogP contribution < -0.4 is 5.50 Å². The predicted molar refractivity (Wildman–Crippen MR) is 38.2 cm³/mol. The van der Waals surface area contributed by atoms with Crippen molar-refractivity contribution >= 4 is 18.7 Å². The monoisotopic (exact) mass is 136 g/mol. The van der Waals surface area contributed by atoms with E-state index in [2.05, 4.69) is 13.8 Å². The fraction of sp³-hybridized carbons (Fsp3) is 1.00. The molecule has 0 aliphatic heterocycles. The standard InChI is InChI=1S/C4H11NPS/c1-4(2)3-6(5)7/h4H,3H2,1-2H3,(H2,5,7)/q+1. The zero-order valence-corrected chi connectivity index (χ0v) is 6.43. The molecular weight excluding hydrogens is 125 g/mol. The highest BCUT2D eigenvalue weighted by molar-refractivity contribution is 8.04. The third-order valence-corrected chi connectivity index (χ3v) is 2.08. The van der Waals surface area contributed by atoms with E-state index in [4.69, 9.17) is 17.3 Å². The second kappa shape index (κ2) is 3.48. The highest BCUT2D eigenvalue weighted by Crippen LogP contribution is 2.12. The number of hydrogen-bond donors (Lipinski definition) is 1. The van der Waals surface area contributed by atoms with Crippen molar-refractivity contribution in [2.24, 2.45) is 11.4 Å². The highest BCUT2D eigenvalue weighted by Gasteiger charge is 2.03. The fourth-order valence-electron chi connectivity index (χ4n) is 0.360. The molecule has 42 valence electrons. The predicted octanol–water partition coefficient (Wildman–Crippen LogP) is 1.46. The SMILES string of the molecule is CC(C)C[P+](N)=S. The molecule has 2 N–H and O–H groups in total. The summed E-state index contributed by atoms with van der Waals surface area (Å²) in [5, 5.41) is 0. The maximum Gasteiger partial charge on any atom is 0.261 e. The van der Waals surface area contributed by atoms with Crippen molar-refractivity contribution in [1.82, 2.24) is 0 Å². The molecule has 0 aliphatic carbocycles. The molecule has 0 aromatic rings. The maximum atomic E-state index is 5.37. The Hall–Kier alpha value is 0.480. The van der Waals surface area contributed by atoms with Crippen molar-refractivity contribution in [2.45, 2.75) is 13.8 Å². The molecule has 0 amide bonds. The first-order chi connectivity index (χ1) is 3.13. The van der Waals surface area contributed by atoms with Crippen LogP contribution in [0.1, 0.15) is 13.8 Å². The molecule has 0 saturated heterocycles. The van der Waals surface area contributed by atoms with E-state index in [1.54, 1.807) is 0 Å². The molecule has 0 rings (SSSR count). The summed E-state index contributed by atoms with van der Waals surface area (Å²) in [6.07, 6.45) is 1.02. The minimum atomic E-state index is -0.557. The van der Waals surface area contributed by atoms with Crippen LogP contribution in [0, 0.1) is 5.92 Å². The molecule has 1 atom stereocenters. The van der Waals surface area contributed by atoms with Crippen molar-refractivity contribution in [1.29, 1.82) is 0 Å². The third kappa shape index (κ3) is 6.48. The quantitative estimate of drug-likeness (QED) is 0.581. The Morgan fingerprint density at radius 3 is 2.14 bits per heavy atom. The van der Waals surface area contributed by atoms with Gasteiger partial charge in [-0.3, -0.25) is 0 Å². The van der Waals surface area contributed by atoms with Gasteiger partial charge in [-0.25, -0.2) is 0 Å². The van der Waals surface area contributed by atoms with E-state index < -0.39 is 6.85 Å². The molecule has 0 bridgehead atoms. The summed E-state index contributed by atoms with van der Waals surface area (Å²) in [6.45, 7) is 3.71. The molecule has 0 saturated carbocycles. The van der Waals surface area contributed by atoms with Gasteiger partial charge >= 0.3 is 0 Å². The van der Waals surface area contributed by atoms with Crippen LogP contribution in [0.5, 0.6) is 0 Å². The van der Waals surface area contributed by atoms with Crippen molar-refractivity contribution in [3.63, 3.8) is 0 Å². The summed E-state index contributed by atoms with van der Waals surface area (Å²) in [5.74, 6) is 0.675. The zero-order valence-electron chi connectivity index (χ0n) is 4.72. The summed E-state index contributed by atoms with van der Waals surface area (Å²) in [6, 6.07) is 0. The van der Waals surface area contributed by atoms with Gasteiger partial charge < -0.3 is 0 Å².